The molecule has 0 saturated carbocycles. The maximum absolute atomic E-state index is 5.03. The monoisotopic (exact) mass is 110 g/mol. The summed E-state index contributed by atoms with van der Waals surface area (Å²) in [4.78, 5) is 3.56. The zero-order valence-corrected chi connectivity index (χ0v) is 5.52. The molecule has 0 aliphatic carbocycles. The van der Waals surface area contributed by atoms with Crippen LogP contribution in [0.15, 0.2) is 11.8 Å². The van der Waals surface area contributed by atoms with Gasteiger partial charge in [0.1, 0.15) is 0 Å². The number of allylic oxidation sites excluding steroid dienone is 2. The molecule has 0 aliphatic heterocycles. The van der Waals surface area contributed by atoms with Gasteiger partial charge in [0.05, 0.1) is 0 Å². The molecule has 0 amide bonds. The number of hydrogen-bond acceptors (Lipinski definition) is 0. The predicted octanol–water partition coefficient (Wildman–Crippen LogP) is 2.65. The van der Waals surface area contributed by atoms with E-state index in [1.807, 2.05) is 13.0 Å². The third kappa shape index (κ3) is 2.41. The third-order valence-corrected chi connectivity index (χ3v) is 0.968. The first kappa shape index (κ1) is 7.23. The lowest BCUT2D eigenvalue weighted by molar-refractivity contribution is 1.10. The first-order valence-corrected chi connectivity index (χ1v) is 2.95. The average Bonchev–Trinajstić information content (AvgIpc) is 1.83. The van der Waals surface area contributed by atoms with Gasteiger partial charge in [-0.05, 0) is 11.3 Å². The molecule has 1 nitrogen and oxygen atoms in total. The van der Waals surface area contributed by atoms with Crippen molar-refractivity contribution in [2.75, 3.05) is 0 Å². The molecule has 8 heavy (non-hydrogen) atoms. The van der Waals surface area contributed by atoms with Crippen LogP contribution in [0.3, 0.4) is 0 Å². The van der Waals surface area contributed by atoms with Gasteiger partial charge < -0.3 is 0 Å². The summed E-state index contributed by atoms with van der Waals surface area (Å²) in [5, 5.41) is 0. The van der Waals surface area contributed by atoms with E-state index in [4.69, 9.17) is 6.57 Å². The first-order chi connectivity index (χ1) is 3.85. The quantitative estimate of drug-likeness (QED) is 0.514. The fraction of sp³-hybridized carbons (Fsp3) is 0.571. The Morgan fingerprint density at radius 3 is 2.38 bits per heavy atom. The molecule has 0 N–H and O–H groups in total. The Kier molecular flexibility index (Phi) is 3.97. The van der Waals surface area contributed by atoms with Crippen molar-refractivity contribution in [3.05, 3.63) is 16.6 Å². The SMILES string of the molecule is C#[N+]/C(=C\CC)CC. The standard InChI is InChI=1S/C7H12N/c1-4-6-7(5-2)8-3/h3,6H,4-5H2,1-2H3/q+1/b7-6-. The number of nitrogens with zero attached hydrogens (tertiary/aromatic N) is 1. The molecule has 0 bridgehead atoms. The highest BCUT2D eigenvalue weighted by Gasteiger charge is 1.96. The second-order valence-electron chi connectivity index (χ2n) is 1.59. The van der Waals surface area contributed by atoms with E-state index in [0.717, 1.165) is 18.5 Å². The van der Waals surface area contributed by atoms with Crippen LogP contribution < -0.4 is 0 Å². The molecule has 0 unspecified atom stereocenters. The molecule has 0 aromatic carbocycles. The lowest BCUT2D eigenvalue weighted by Crippen LogP contribution is -1.68. The number of hydrogen-bond donors (Lipinski definition) is 0. The van der Waals surface area contributed by atoms with Crippen LogP contribution in [-0.4, -0.2) is 0 Å². The molecule has 44 valence electrons. The van der Waals surface area contributed by atoms with E-state index >= 15 is 0 Å². The van der Waals surface area contributed by atoms with Crippen LogP contribution in [0, 0.1) is 6.57 Å². The van der Waals surface area contributed by atoms with Gasteiger partial charge in [-0.3, -0.25) is 0 Å². The summed E-state index contributed by atoms with van der Waals surface area (Å²) in [6.07, 6.45) is 3.98. The Morgan fingerprint density at radius 2 is 2.25 bits per heavy atom. The van der Waals surface area contributed by atoms with Crippen LogP contribution in [0.4, 0.5) is 0 Å². The van der Waals surface area contributed by atoms with Gasteiger partial charge in [0.25, 0.3) is 6.57 Å². The molecule has 0 rings (SSSR count). The van der Waals surface area contributed by atoms with E-state index in [0.29, 0.717) is 0 Å². The fourth-order valence-corrected chi connectivity index (χ4v) is 0.524. The molecule has 0 spiro atoms. The van der Waals surface area contributed by atoms with Crippen LogP contribution in [0.5, 0.6) is 0 Å². The zero-order valence-electron chi connectivity index (χ0n) is 5.52. The Morgan fingerprint density at radius 1 is 1.62 bits per heavy atom. The van der Waals surface area contributed by atoms with Gasteiger partial charge in [-0.1, -0.05) is 13.8 Å². The van der Waals surface area contributed by atoms with Crippen LogP contribution in [0.1, 0.15) is 26.7 Å². The second kappa shape index (κ2) is 4.39. The molecule has 0 aromatic rings. The lowest BCUT2D eigenvalue weighted by Gasteiger charge is -1.75. The molecular formula is C7H12N+. The van der Waals surface area contributed by atoms with Crippen molar-refractivity contribution < 1.29 is 0 Å². The topological polar surface area (TPSA) is 4.36 Å². The van der Waals surface area contributed by atoms with Crippen LogP contribution in [-0.2, 0) is 0 Å². The Labute approximate surface area is 50.8 Å². The van der Waals surface area contributed by atoms with Gasteiger partial charge in [0, 0.05) is 12.5 Å². The summed E-state index contributed by atoms with van der Waals surface area (Å²) in [5.74, 6) is 0. The van der Waals surface area contributed by atoms with Crippen LogP contribution in [0.2, 0.25) is 0 Å². The zero-order chi connectivity index (χ0) is 6.41. The van der Waals surface area contributed by atoms with Gasteiger partial charge in [0.2, 0.25) is 0 Å². The van der Waals surface area contributed by atoms with E-state index < -0.39 is 0 Å². The highest BCUT2D eigenvalue weighted by Crippen LogP contribution is 2.01. The van der Waals surface area contributed by atoms with Crippen molar-refractivity contribution in [3.8, 4) is 6.57 Å². The minimum Gasteiger partial charge on any atom is -0.0616 e. The van der Waals surface area contributed by atoms with Crippen molar-refractivity contribution in [1.29, 1.82) is 0 Å². The van der Waals surface area contributed by atoms with Crippen molar-refractivity contribution >= 4 is 0 Å². The summed E-state index contributed by atoms with van der Waals surface area (Å²) in [7, 11) is 0. The predicted molar refractivity (Wildman–Crippen MR) is 37.0 cm³/mol. The van der Waals surface area contributed by atoms with Crippen LogP contribution in [0.25, 0.3) is 4.85 Å². The van der Waals surface area contributed by atoms with E-state index in [9.17, 15) is 0 Å². The molecule has 0 radical (unpaired) electrons. The summed E-state index contributed by atoms with van der Waals surface area (Å²) in [6.45, 7) is 9.14. The molecule has 1 heteroatoms. The molecular weight excluding hydrogens is 98.1 g/mol. The molecule has 0 heterocycles. The highest BCUT2D eigenvalue weighted by atomic mass is 14.6. The normalized spacial score (nSPS) is 10.9. The molecule has 0 fully saturated rings. The Bertz CT molecular complexity index is 117. The summed E-state index contributed by atoms with van der Waals surface area (Å²) < 4.78 is 0. The highest BCUT2D eigenvalue weighted by molar-refractivity contribution is 5.10. The lowest BCUT2D eigenvalue weighted by atomic mass is 10.3. The van der Waals surface area contributed by atoms with E-state index in [1.54, 1.807) is 0 Å². The Hall–Kier alpha value is -0.770. The average molecular weight is 110 g/mol. The Balaban J connectivity index is 3.72. The molecule has 0 aliphatic rings. The van der Waals surface area contributed by atoms with Gasteiger partial charge in [-0.2, -0.15) is 0 Å². The van der Waals surface area contributed by atoms with Crippen molar-refractivity contribution in [3.63, 3.8) is 0 Å². The van der Waals surface area contributed by atoms with Crippen molar-refractivity contribution in [2.45, 2.75) is 26.7 Å². The van der Waals surface area contributed by atoms with Crippen molar-refractivity contribution in [1.82, 2.24) is 0 Å². The minimum absolute atomic E-state index is 0.935. The first-order valence-electron chi connectivity index (χ1n) is 2.95. The third-order valence-electron chi connectivity index (χ3n) is 0.968. The summed E-state index contributed by atoms with van der Waals surface area (Å²) in [6, 6.07) is 0. The maximum Gasteiger partial charge on any atom is 0.312 e. The van der Waals surface area contributed by atoms with Gasteiger partial charge in [-0.15, -0.1) is 0 Å². The van der Waals surface area contributed by atoms with E-state index in [1.165, 1.54) is 0 Å². The van der Waals surface area contributed by atoms with E-state index in [-0.39, 0.29) is 0 Å². The number of rotatable bonds is 2. The smallest absolute Gasteiger partial charge is 0.0616 e. The molecule has 0 saturated heterocycles. The fourth-order valence-electron chi connectivity index (χ4n) is 0.524. The largest absolute Gasteiger partial charge is 0.312 e. The molecule has 0 atom stereocenters. The van der Waals surface area contributed by atoms with Crippen molar-refractivity contribution in [2.24, 2.45) is 0 Å². The van der Waals surface area contributed by atoms with Gasteiger partial charge in [0.15, 0.2) is 0 Å². The molecule has 0 aromatic heterocycles. The van der Waals surface area contributed by atoms with E-state index in [2.05, 4.69) is 11.8 Å². The van der Waals surface area contributed by atoms with Crippen LogP contribution >= 0.6 is 0 Å². The maximum atomic E-state index is 5.03. The second-order valence-corrected chi connectivity index (χ2v) is 1.59. The van der Waals surface area contributed by atoms with Gasteiger partial charge in [-0.25, -0.2) is 0 Å². The van der Waals surface area contributed by atoms with Gasteiger partial charge >= 0.3 is 5.70 Å². The summed E-state index contributed by atoms with van der Waals surface area (Å²) in [5.41, 5.74) is 0.993. The minimum atomic E-state index is 0.935. The summed E-state index contributed by atoms with van der Waals surface area (Å²) >= 11 is 0.